The van der Waals surface area contributed by atoms with Crippen molar-refractivity contribution in [3.8, 4) is 0 Å². The molecule has 23 heavy (non-hydrogen) atoms. The highest BCUT2D eigenvalue weighted by Gasteiger charge is 2.34. The minimum absolute atomic E-state index is 0.0310. The molecule has 2 heterocycles. The molecule has 120 valence electrons. The molecule has 2 N–H and O–H groups in total. The molecule has 3 nitrogen and oxygen atoms in total. The fourth-order valence-corrected chi connectivity index (χ4v) is 4.18. The highest BCUT2D eigenvalue weighted by atomic mass is 15.2. The van der Waals surface area contributed by atoms with E-state index in [1.807, 2.05) is 0 Å². The van der Waals surface area contributed by atoms with Crippen molar-refractivity contribution in [1.82, 2.24) is 5.32 Å². The maximum atomic E-state index is 3.67. The predicted molar refractivity (Wildman–Crippen MR) is 98.1 cm³/mol. The molecule has 0 aromatic heterocycles. The number of hydrogen-bond acceptors (Lipinski definition) is 3. The van der Waals surface area contributed by atoms with Gasteiger partial charge < -0.3 is 15.5 Å². The van der Waals surface area contributed by atoms with Gasteiger partial charge in [-0.05, 0) is 41.8 Å². The molecular formula is C20H25N3. The van der Waals surface area contributed by atoms with Crippen molar-refractivity contribution >= 4 is 17.1 Å². The third-order valence-electron chi connectivity index (χ3n) is 5.33. The van der Waals surface area contributed by atoms with E-state index in [1.54, 1.807) is 0 Å². The molecule has 0 spiro atoms. The Morgan fingerprint density at radius 2 is 1.78 bits per heavy atom. The van der Waals surface area contributed by atoms with Crippen LogP contribution in [0.1, 0.15) is 30.5 Å². The largest absolute Gasteiger partial charge is 0.369 e. The van der Waals surface area contributed by atoms with E-state index in [2.05, 4.69) is 72.7 Å². The van der Waals surface area contributed by atoms with Crippen molar-refractivity contribution in [2.24, 2.45) is 0 Å². The molecule has 0 bridgehead atoms. The van der Waals surface area contributed by atoms with Crippen molar-refractivity contribution in [1.29, 1.82) is 0 Å². The van der Waals surface area contributed by atoms with Gasteiger partial charge in [-0.1, -0.05) is 32.0 Å². The number of rotatable bonds is 1. The fraction of sp³-hybridized carbons (Fsp3) is 0.400. The number of aryl methyl sites for hydroxylation is 1. The third kappa shape index (κ3) is 2.31. The quantitative estimate of drug-likeness (QED) is 0.839. The Morgan fingerprint density at radius 1 is 1.00 bits per heavy atom. The van der Waals surface area contributed by atoms with Gasteiger partial charge in [-0.3, -0.25) is 0 Å². The first kappa shape index (κ1) is 14.6. The lowest BCUT2D eigenvalue weighted by Crippen LogP contribution is -2.43. The van der Waals surface area contributed by atoms with Crippen molar-refractivity contribution in [3.63, 3.8) is 0 Å². The molecule has 0 atom stereocenters. The maximum absolute atomic E-state index is 3.67. The van der Waals surface area contributed by atoms with E-state index < -0.39 is 0 Å². The molecule has 0 aliphatic carbocycles. The van der Waals surface area contributed by atoms with E-state index in [4.69, 9.17) is 0 Å². The molecule has 2 aliphatic heterocycles. The zero-order valence-electron chi connectivity index (χ0n) is 14.2. The highest BCUT2D eigenvalue weighted by molar-refractivity contribution is 5.79. The lowest BCUT2D eigenvalue weighted by Gasteiger charge is -2.38. The van der Waals surface area contributed by atoms with Crippen LogP contribution < -0.4 is 15.5 Å². The second-order valence-corrected chi connectivity index (χ2v) is 7.21. The van der Waals surface area contributed by atoms with Crippen LogP contribution in [0.3, 0.4) is 0 Å². The van der Waals surface area contributed by atoms with Crippen LogP contribution in [0.4, 0.5) is 17.1 Å². The van der Waals surface area contributed by atoms with Gasteiger partial charge >= 0.3 is 0 Å². The lowest BCUT2D eigenvalue weighted by atomic mass is 9.72. The summed E-state index contributed by atoms with van der Waals surface area (Å²) in [7, 11) is 0. The Labute approximate surface area is 138 Å². The molecule has 0 radical (unpaired) electrons. The van der Waals surface area contributed by atoms with Crippen LogP contribution in [0.25, 0.3) is 0 Å². The third-order valence-corrected chi connectivity index (χ3v) is 5.33. The summed E-state index contributed by atoms with van der Waals surface area (Å²) in [5, 5.41) is 7.10. The standard InChI is InChI=1S/C20H25N3/c1-14-5-4-6-17-19(14)20(2,3)16-8-7-15(13-18(16)22-17)23-11-9-21-10-12-23/h4-8,13,21-22H,9-12H2,1-3H3. The summed E-state index contributed by atoms with van der Waals surface area (Å²) in [6.45, 7) is 11.2. The maximum Gasteiger partial charge on any atom is 0.0446 e. The smallest absolute Gasteiger partial charge is 0.0446 e. The zero-order chi connectivity index (χ0) is 16.0. The summed E-state index contributed by atoms with van der Waals surface area (Å²) in [4.78, 5) is 2.47. The Morgan fingerprint density at radius 3 is 2.57 bits per heavy atom. The molecule has 1 fully saturated rings. The average Bonchev–Trinajstić information content (AvgIpc) is 2.55. The molecule has 2 aromatic rings. The normalized spacial score (nSPS) is 18.8. The van der Waals surface area contributed by atoms with Crippen molar-refractivity contribution < 1.29 is 0 Å². The van der Waals surface area contributed by atoms with Gasteiger partial charge in [-0.25, -0.2) is 0 Å². The molecule has 3 heteroatoms. The second-order valence-electron chi connectivity index (χ2n) is 7.21. The average molecular weight is 307 g/mol. The van der Waals surface area contributed by atoms with Crippen LogP contribution in [0.5, 0.6) is 0 Å². The number of anilines is 3. The molecular weight excluding hydrogens is 282 g/mol. The minimum Gasteiger partial charge on any atom is -0.369 e. The molecule has 2 aliphatic rings. The SMILES string of the molecule is Cc1cccc2c1C(C)(C)c1ccc(N3CCNCC3)cc1N2. The topological polar surface area (TPSA) is 27.3 Å². The number of benzene rings is 2. The molecule has 4 rings (SSSR count). The number of nitrogens with one attached hydrogen (secondary N) is 2. The van der Waals surface area contributed by atoms with Crippen LogP contribution in [0.15, 0.2) is 36.4 Å². The van der Waals surface area contributed by atoms with Crippen LogP contribution in [0.2, 0.25) is 0 Å². The van der Waals surface area contributed by atoms with E-state index in [0.717, 1.165) is 26.2 Å². The summed E-state index contributed by atoms with van der Waals surface area (Å²) in [6.07, 6.45) is 0. The van der Waals surface area contributed by atoms with Gasteiger partial charge in [0.1, 0.15) is 0 Å². The predicted octanol–water partition coefficient (Wildman–Crippen LogP) is 3.79. The number of fused-ring (bicyclic) bond motifs is 2. The Hall–Kier alpha value is -2.00. The van der Waals surface area contributed by atoms with Crippen LogP contribution in [0, 0.1) is 6.92 Å². The fourth-order valence-electron chi connectivity index (χ4n) is 4.18. The van der Waals surface area contributed by atoms with E-state index in [9.17, 15) is 0 Å². The first-order valence-corrected chi connectivity index (χ1v) is 8.55. The van der Waals surface area contributed by atoms with Gasteiger partial charge in [0.25, 0.3) is 0 Å². The van der Waals surface area contributed by atoms with E-state index >= 15 is 0 Å². The van der Waals surface area contributed by atoms with Gasteiger partial charge in [0.15, 0.2) is 0 Å². The Kier molecular flexibility index (Phi) is 3.34. The Balaban J connectivity index is 1.78. The van der Waals surface area contributed by atoms with E-state index in [-0.39, 0.29) is 5.41 Å². The highest BCUT2D eigenvalue weighted by Crippen LogP contribution is 2.47. The van der Waals surface area contributed by atoms with Crippen LogP contribution in [-0.4, -0.2) is 26.2 Å². The van der Waals surface area contributed by atoms with Gasteiger partial charge in [0, 0.05) is 48.7 Å². The molecule has 2 aromatic carbocycles. The van der Waals surface area contributed by atoms with Gasteiger partial charge in [-0.15, -0.1) is 0 Å². The first-order chi connectivity index (χ1) is 11.1. The van der Waals surface area contributed by atoms with E-state index in [1.165, 1.54) is 33.8 Å². The van der Waals surface area contributed by atoms with Crippen molar-refractivity contribution in [2.75, 3.05) is 36.4 Å². The lowest BCUT2D eigenvalue weighted by molar-refractivity contribution is 0.588. The monoisotopic (exact) mass is 307 g/mol. The number of nitrogens with zero attached hydrogens (tertiary/aromatic N) is 1. The molecule has 0 amide bonds. The Bertz CT molecular complexity index is 743. The van der Waals surface area contributed by atoms with Crippen LogP contribution in [-0.2, 0) is 5.41 Å². The number of hydrogen-bond donors (Lipinski definition) is 2. The zero-order valence-corrected chi connectivity index (χ0v) is 14.2. The summed E-state index contributed by atoms with van der Waals surface area (Å²) < 4.78 is 0. The first-order valence-electron chi connectivity index (χ1n) is 8.55. The van der Waals surface area contributed by atoms with Crippen LogP contribution >= 0.6 is 0 Å². The summed E-state index contributed by atoms with van der Waals surface area (Å²) in [5.74, 6) is 0. The number of piperazine rings is 1. The minimum atomic E-state index is 0.0310. The van der Waals surface area contributed by atoms with E-state index in [0.29, 0.717) is 0 Å². The van der Waals surface area contributed by atoms with Crippen molar-refractivity contribution in [2.45, 2.75) is 26.2 Å². The summed E-state index contributed by atoms with van der Waals surface area (Å²) >= 11 is 0. The summed E-state index contributed by atoms with van der Waals surface area (Å²) in [5.41, 5.74) is 8.02. The van der Waals surface area contributed by atoms with Gasteiger partial charge in [0.05, 0.1) is 0 Å². The van der Waals surface area contributed by atoms with Gasteiger partial charge in [-0.2, -0.15) is 0 Å². The molecule has 0 saturated carbocycles. The van der Waals surface area contributed by atoms with Gasteiger partial charge in [0.2, 0.25) is 0 Å². The van der Waals surface area contributed by atoms with Crippen molar-refractivity contribution in [3.05, 3.63) is 53.1 Å². The molecule has 0 unspecified atom stereocenters. The summed E-state index contributed by atoms with van der Waals surface area (Å²) in [6, 6.07) is 13.5. The molecule has 1 saturated heterocycles. The second kappa shape index (κ2) is 5.27.